The number of ether oxygens (including phenoxy) is 4. The Hall–Kier alpha value is -2.73. The van der Waals surface area contributed by atoms with Crippen molar-refractivity contribution in [2.24, 2.45) is 0 Å². The van der Waals surface area contributed by atoms with Gasteiger partial charge in [0.2, 0.25) is 6.79 Å². The predicted molar refractivity (Wildman–Crippen MR) is 104 cm³/mol. The summed E-state index contributed by atoms with van der Waals surface area (Å²) in [5, 5.41) is 0. The number of hydrogen-bond acceptors (Lipinski definition) is 6. The van der Waals surface area contributed by atoms with Crippen molar-refractivity contribution in [3.8, 4) is 17.2 Å². The Morgan fingerprint density at radius 2 is 1.86 bits per heavy atom. The molecule has 0 spiro atoms. The van der Waals surface area contributed by atoms with Crippen LogP contribution in [0.15, 0.2) is 36.4 Å². The highest BCUT2D eigenvalue weighted by Crippen LogP contribution is 2.35. The fourth-order valence-corrected chi connectivity index (χ4v) is 3.96. The quantitative estimate of drug-likeness (QED) is 0.736. The lowest BCUT2D eigenvalue weighted by Crippen LogP contribution is -2.32. The molecular formula is C22H25NO5. The second-order valence-electron chi connectivity index (χ2n) is 7.19. The molecule has 0 unspecified atom stereocenters. The molecule has 0 radical (unpaired) electrons. The molecule has 28 heavy (non-hydrogen) atoms. The van der Waals surface area contributed by atoms with Gasteiger partial charge in [-0.25, -0.2) is 4.79 Å². The van der Waals surface area contributed by atoms with Crippen molar-refractivity contribution in [2.75, 3.05) is 34.1 Å². The summed E-state index contributed by atoms with van der Waals surface area (Å²) in [6, 6.07) is 12.0. The van der Waals surface area contributed by atoms with E-state index < -0.39 is 0 Å². The molecule has 6 heteroatoms. The number of rotatable bonds is 5. The highest BCUT2D eigenvalue weighted by molar-refractivity contribution is 5.92. The van der Waals surface area contributed by atoms with Crippen LogP contribution < -0.4 is 14.2 Å². The maximum atomic E-state index is 11.8. The Kier molecular flexibility index (Phi) is 5.39. The first-order valence-electron chi connectivity index (χ1n) is 9.55. The van der Waals surface area contributed by atoms with Crippen molar-refractivity contribution >= 4 is 5.97 Å². The number of hydrogen-bond donors (Lipinski definition) is 0. The topological polar surface area (TPSA) is 57.2 Å². The lowest BCUT2D eigenvalue weighted by molar-refractivity contribution is 0.0597. The summed E-state index contributed by atoms with van der Waals surface area (Å²) in [5.74, 6) is 2.33. The van der Waals surface area contributed by atoms with Crippen LogP contribution in [0.25, 0.3) is 0 Å². The second kappa shape index (κ2) is 8.10. The number of piperidine rings is 1. The van der Waals surface area contributed by atoms with Gasteiger partial charge in [-0.05, 0) is 67.2 Å². The minimum atomic E-state index is -0.373. The molecule has 148 valence electrons. The molecule has 2 heterocycles. The summed E-state index contributed by atoms with van der Waals surface area (Å²) in [6.45, 7) is 3.27. The van der Waals surface area contributed by atoms with Crippen LogP contribution in [0.3, 0.4) is 0 Å². The zero-order chi connectivity index (χ0) is 19.5. The van der Waals surface area contributed by atoms with Crippen molar-refractivity contribution in [3.63, 3.8) is 0 Å². The van der Waals surface area contributed by atoms with E-state index in [1.54, 1.807) is 13.2 Å². The summed E-state index contributed by atoms with van der Waals surface area (Å²) in [5.41, 5.74) is 2.92. The number of nitrogens with zero attached hydrogens (tertiary/aromatic N) is 1. The van der Waals surface area contributed by atoms with Crippen LogP contribution in [0.1, 0.15) is 40.2 Å². The molecular weight excluding hydrogens is 358 g/mol. The third-order valence-electron chi connectivity index (χ3n) is 5.53. The van der Waals surface area contributed by atoms with Crippen LogP contribution in [0, 0.1) is 0 Å². The summed E-state index contributed by atoms with van der Waals surface area (Å²) >= 11 is 0. The van der Waals surface area contributed by atoms with Crippen LogP contribution in [0.4, 0.5) is 0 Å². The normalized spacial score (nSPS) is 16.8. The molecule has 6 nitrogen and oxygen atoms in total. The minimum absolute atomic E-state index is 0.308. The number of esters is 1. The molecule has 0 amide bonds. The van der Waals surface area contributed by atoms with Gasteiger partial charge < -0.3 is 18.9 Å². The van der Waals surface area contributed by atoms with E-state index in [9.17, 15) is 4.79 Å². The molecule has 0 N–H and O–H groups in total. The van der Waals surface area contributed by atoms with E-state index in [1.165, 1.54) is 18.2 Å². The van der Waals surface area contributed by atoms with Gasteiger partial charge in [0.25, 0.3) is 0 Å². The van der Waals surface area contributed by atoms with Gasteiger partial charge in [0.1, 0.15) is 11.3 Å². The van der Waals surface area contributed by atoms with E-state index in [1.807, 2.05) is 18.2 Å². The fraction of sp³-hybridized carbons (Fsp3) is 0.409. The average molecular weight is 383 g/mol. The monoisotopic (exact) mass is 383 g/mol. The molecule has 2 aromatic carbocycles. The summed E-state index contributed by atoms with van der Waals surface area (Å²) in [4.78, 5) is 14.3. The first-order chi connectivity index (χ1) is 13.7. The van der Waals surface area contributed by atoms with Crippen LogP contribution in [0.2, 0.25) is 0 Å². The molecule has 2 aliphatic heterocycles. The fourth-order valence-electron chi connectivity index (χ4n) is 3.96. The molecule has 0 atom stereocenters. The Bertz CT molecular complexity index is 858. The van der Waals surface area contributed by atoms with Gasteiger partial charge in [-0.1, -0.05) is 12.1 Å². The van der Waals surface area contributed by atoms with Crippen molar-refractivity contribution in [2.45, 2.75) is 25.3 Å². The van der Waals surface area contributed by atoms with E-state index in [-0.39, 0.29) is 5.97 Å². The van der Waals surface area contributed by atoms with E-state index in [0.717, 1.165) is 44.0 Å². The molecule has 0 bridgehead atoms. The van der Waals surface area contributed by atoms with E-state index in [4.69, 9.17) is 18.9 Å². The summed E-state index contributed by atoms with van der Waals surface area (Å²) < 4.78 is 21.1. The van der Waals surface area contributed by atoms with Crippen LogP contribution in [0.5, 0.6) is 17.2 Å². The molecule has 4 rings (SSSR count). The molecule has 0 aromatic heterocycles. The van der Waals surface area contributed by atoms with Gasteiger partial charge in [-0.15, -0.1) is 0 Å². The van der Waals surface area contributed by atoms with Gasteiger partial charge >= 0.3 is 5.97 Å². The van der Waals surface area contributed by atoms with Crippen LogP contribution in [-0.2, 0) is 11.3 Å². The minimum Gasteiger partial charge on any atom is -0.496 e. The highest BCUT2D eigenvalue weighted by atomic mass is 16.7. The third kappa shape index (κ3) is 3.78. The molecule has 2 aromatic rings. The lowest BCUT2D eigenvalue weighted by Gasteiger charge is -2.32. The van der Waals surface area contributed by atoms with Crippen molar-refractivity contribution in [1.82, 2.24) is 4.90 Å². The largest absolute Gasteiger partial charge is 0.496 e. The van der Waals surface area contributed by atoms with Gasteiger partial charge in [-0.3, -0.25) is 4.90 Å². The Morgan fingerprint density at radius 3 is 2.61 bits per heavy atom. The number of methoxy groups -OCH3 is 2. The Labute approximate surface area is 165 Å². The Morgan fingerprint density at radius 1 is 1.07 bits per heavy atom. The second-order valence-corrected chi connectivity index (χ2v) is 7.19. The molecule has 0 saturated carbocycles. The number of carbonyl (C=O) groups excluding carboxylic acids is 1. The smallest absolute Gasteiger partial charge is 0.341 e. The van der Waals surface area contributed by atoms with E-state index in [2.05, 4.69) is 17.0 Å². The standard InChI is InChI=1S/C22H25NO5/c1-25-20-12-17(4-5-18(20)22(24)26-2)16-7-9-23(10-8-16)13-15-3-6-19-21(11-15)28-14-27-19/h3-6,11-12,16H,7-10,13-14H2,1-2H3. The van der Waals surface area contributed by atoms with Gasteiger partial charge in [0.05, 0.1) is 14.2 Å². The van der Waals surface area contributed by atoms with Gasteiger partial charge in [-0.2, -0.15) is 0 Å². The molecule has 1 fully saturated rings. The third-order valence-corrected chi connectivity index (χ3v) is 5.53. The molecule has 0 aliphatic carbocycles. The maximum Gasteiger partial charge on any atom is 0.341 e. The van der Waals surface area contributed by atoms with Crippen molar-refractivity contribution < 1.29 is 23.7 Å². The summed E-state index contributed by atoms with van der Waals surface area (Å²) in [7, 11) is 2.96. The number of benzene rings is 2. The van der Waals surface area contributed by atoms with Crippen molar-refractivity contribution in [3.05, 3.63) is 53.1 Å². The van der Waals surface area contributed by atoms with Crippen LogP contribution >= 0.6 is 0 Å². The predicted octanol–water partition coefficient (Wildman–Crippen LogP) is 3.59. The maximum absolute atomic E-state index is 11.8. The number of likely N-dealkylation sites (tertiary alicyclic amines) is 1. The molecule has 2 aliphatic rings. The van der Waals surface area contributed by atoms with Gasteiger partial charge in [0.15, 0.2) is 11.5 Å². The number of fused-ring (bicyclic) bond motifs is 1. The van der Waals surface area contributed by atoms with Crippen molar-refractivity contribution in [1.29, 1.82) is 0 Å². The zero-order valence-corrected chi connectivity index (χ0v) is 16.3. The first-order valence-corrected chi connectivity index (χ1v) is 9.55. The Balaban J connectivity index is 1.38. The SMILES string of the molecule is COC(=O)c1ccc(C2CCN(Cc3ccc4c(c3)OCO4)CC2)cc1OC. The lowest BCUT2D eigenvalue weighted by atomic mass is 9.88. The first kappa shape index (κ1) is 18.6. The van der Waals surface area contributed by atoms with Gasteiger partial charge in [0, 0.05) is 6.54 Å². The molecule has 1 saturated heterocycles. The van der Waals surface area contributed by atoms with E-state index >= 15 is 0 Å². The zero-order valence-electron chi connectivity index (χ0n) is 16.3. The van der Waals surface area contributed by atoms with Crippen LogP contribution in [-0.4, -0.2) is 45.0 Å². The average Bonchev–Trinajstić information content (AvgIpc) is 3.21. The van der Waals surface area contributed by atoms with E-state index in [0.29, 0.717) is 24.0 Å². The highest BCUT2D eigenvalue weighted by Gasteiger charge is 2.23. The number of carbonyl (C=O) groups is 1. The summed E-state index contributed by atoms with van der Waals surface area (Å²) in [6.07, 6.45) is 2.15.